The van der Waals surface area contributed by atoms with Gasteiger partial charge in [-0.3, -0.25) is 4.79 Å². The van der Waals surface area contributed by atoms with Crippen molar-refractivity contribution in [3.05, 3.63) is 59.8 Å². The molecule has 1 fully saturated rings. The maximum atomic E-state index is 13.5. The van der Waals surface area contributed by atoms with Crippen LogP contribution in [-0.2, 0) is 16.8 Å². The zero-order valence-corrected chi connectivity index (χ0v) is 11.8. The van der Waals surface area contributed by atoms with Gasteiger partial charge in [0.05, 0.1) is 18.2 Å². The summed E-state index contributed by atoms with van der Waals surface area (Å²) in [7, 11) is 0. The van der Waals surface area contributed by atoms with Crippen LogP contribution in [0.3, 0.4) is 0 Å². The Bertz CT molecular complexity index is 615. The lowest BCUT2D eigenvalue weighted by Gasteiger charge is -2.28. The largest absolute Gasteiger partial charge is 0.467 e. The third-order valence-corrected chi connectivity index (χ3v) is 4.27. The van der Waals surface area contributed by atoms with E-state index in [2.05, 4.69) is 5.32 Å². The summed E-state index contributed by atoms with van der Waals surface area (Å²) in [5.41, 5.74) is 0.172. The number of amides is 1. The monoisotopic (exact) mass is 287 g/mol. The second kappa shape index (κ2) is 5.72. The Balaban J connectivity index is 1.81. The molecule has 0 radical (unpaired) electrons. The van der Waals surface area contributed by atoms with Crippen LogP contribution in [-0.4, -0.2) is 5.91 Å². The number of hydrogen-bond donors (Lipinski definition) is 1. The van der Waals surface area contributed by atoms with Crippen LogP contribution in [0.5, 0.6) is 0 Å². The molecule has 1 heterocycles. The highest BCUT2D eigenvalue weighted by Crippen LogP contribution is 2.41. The summed E-state index contributed by atoms with van der Waals surface area (Å²) in [5.74, 6) is 0.385. The minimum atomic E-state index is -0.602. The van der Waals surface area contributed by atoms with E-state index in [-0.39, 0.29) is 11.7 Å². The van der Waals surface area contributed by atoms with Crippen molar-refractivity contribution >= 4 is 5.91 Å². The van der Waals surface area contributed by atoms with Crippen LogP contribution in [0, 0.1) is 5.82 Å². The van der Waals surface area contributed by atoms with Crippen molar-refractivity contribution in [2.24, 2.45) is 0 Å². The Labute approximate surface area is 123 Å². The van der Waals surface area contributed by atoms with Crippen LogP contribution in [0.1, 0.15) is 37.0 Å². The zero-order chi connectivity index (χ0) is 14.7. The first-order chi connectivity index (χ1) is 10.2. The third kappa shape index (κ3) is 2.71. The van der Waals surface area contributed by atoms with Crippen LogP contribution in [0.15, 0.2) is 47.1 Å². The molecule has 0 bridgehead atoms. The van der Waals surface area contributed by atoms with Gasteiger partial charge in [0, 0.05) is 0 Å². The summed E-state index contributed by atoms with van der Waals surface area (Å²) >= 11 is 0. The van der Waals surface area contributed by atoms with Crippen molar-refractivity contribution in [3.8, 4) is 0 Å². The predicted molar refractivity (Wildman–Crippen MR) is 77.1 cm³/mol. The van der Waals surface area contributed by atoms with E-state index in [1.807, 2.05) is 12.1 Å². The number of hydrogen-bond acceptors (Lipinski definition) is 2. The highest BCUT2D eigenvalue weighted by molar-refractivity contribution is 5.88. The number of nitrogens with one attached hydrogen (secondary N) is 1. The SMILES string of the molecule is O=C(NCc1ccco1)C1(c2cccc(F)c2)CCCC1. The molecule has 1 saturated carbocycles. The third-order valence-electron chi connectivity index (χ3n) is 4.27. The maximum absolute atomic E-state index is 13.5. The van der Waals surface area contributed by atoms with E-state index in [4.69, 9.17) is 4.42 Å². The van der Waals surface area contributed by atoms with Crippen LogP contribution in [0.2, 0.25) is 0 Å². The topological polar surface area (TPSA) is 42.2 Å². The van der Waals surface area contributed by atoms with E-state index in [1.54, 1.807) is 18.4 Å². The van der Waals surface area contributed by atoms with E-state index in [9.17, 15) is 9.18 Å². The molecule has 21 heavy (non-hydrogen) atoms. The molecule has 1 aromatic carbocycles. The van der Waals surface area contributed by atoms with Crippen molar-refractivity contribution in [2.45, 2.75) is 37.6 Å². The lowest BCUT2D eigenvalue weighted by atomic mass is 9.78. The first kappa shape index (κ1) is 13.9. The summed E-state index contributed by atoms with van der Waals surface area (Å²) in [4.78, 5) is 12.7. The molecule has 1 aliphatic rings. The van der Waals surface area contributed by atoms with Crippen LogP contribution in [0.25, 0.3) is 0 Å². The summed E-state index contributed by atoms with van der Waals surface area (Å²) < 4.78 is 18.7. The standard InChI is InChI=1S/C17H18FNO2/c18-14-6-3-5-13(11-14)17(8-1-2-9-17)16(20)19-12-15-7-4-10-21-15/h3-7,10-11H,1-2,8-9,12H2,(H,19,20). The number of furan rings is 1. The molecule has 0 saturated heterocycles. The lowest BCUT2D eigenvalue weighted by molar-refractivity contribution is -0.126. The predicted octanol–water partition coefficient (Wildman–Crippen LogP) is 3.55. The fourth-order valence-corrected chi connectivity index (χ4v) is 3.16. The molecule has 0 aliphatic heterocycles. The van der Waals surface area contributed by atoms with Crippen LogP contribution >= 0.6 is 0 Å². The van der Waals surface area contributed by atoms with E-state index in [0.717, 1.165) is 37.0 Å². The van der Waals surface area contributed by atoms with Gasteiger partial charge in [-0.25, -0.2) is 4.39 Å². The molecule has 1 N–H and O–H groups in total. The molecule has 0 unspecified atom stereocenters. The van der Waals surface area contributed by atoms with E-state index in [1.165, 1.54) is 12.1 Å². The molecule has 1 aliphatic carbocycles. The molecule has 1 aromatic heterocycles. The summed E-state index contributed by atoms with van der Waals surface area (Å²) in [5, 5.41) is 2.93. The second-order valence-electron chi connectivity index (χ2n) is 5.56. The quantitative estimate of drug-likeness (QED) is 0.934. The van der Waals surface area contributed by atoms with Gasteiger partial charge < -0.3 is 9.73 Å². The van der Waals surface area contributed by atoms with Gasteiger partial charge in [-0.05, 0) is 42.7 Å². The normalized spacial score (nSPS) is 16.8. The van der Waals surface area contributed by atoms with Gasteiger partial charge in [-0.15, -0.1) is 0 Å². The number of carbonyl (C=O) groups is 1. The second-order valence-corrected chi connectivity index (χ2v) is 5.56. The van der Waals surface area contributed by atoms with Crippen molar-refractivity contribution in [1.29, 1.82) is 0 Å². The molecular weight excluding hydrogens is 269 g/mol. The fraction of sp³-hybridized carbons (Fsp3) is 0.353. The van der Waals surface area contributed by atoms with Crippen molar-refractivity contribution in [2.75, 3.05) is 0 Å². The Morgan fingerprint density at radius 2 is 2.05 bits per heavy atom. The minimum Gasteiger partial charge on any atom is -0.467 e. The molecule has 4 heteroatoms. The van der Waals surface area contributed by atoms with Gasteiger partial charge in [-0.1, -0.05) is 25.0 Å². The van der Waals surface area contributed by atoms with Gasteiger partial charge in [0.1, 0.15) is 11.6 Å². The lowest BCUT2D eigenvalue weighted by Crippen LogP contribution is -2.42. The smallest absolute Gasteiger partial charge is 0.231 e. The zero-order valence-electron chi connectivity index (χ0n) is 11.8. The highest BCUT2D eigenvalue weighted by Gasteiger charge is 2.42. The number of benzene rings is 1. The molecule has 3 nitrogen and oxygen atoms in total. The number of rotatable bonds is 4. The average Bonchev–Trinajstić information content (AvgIpc) is 3.17. The molecule has 0 spiro atoms. The maximum Gasteiger partial charge on any atom is 0.231 e. The molecule has 2 aromatic rings. The Hall–Kier alpha value is -2.10. The molecule has 110 valence electrons. The van der Waals surface area contributed by atoms with E-state index < -0.39 is 5.41 Å². The minimum absolute atomic E-state index is 0.0398. The molecule has 1 amide bonds. The summed E-state index contributed by atoms with van der Waals surface area (Å²) in [6, 6.07) is 10.0. The summed E-state index contributed by atoms with van der Waals surface area (Å²) in [6.45, 7) is 0.364. The van der Waals surface area contributed by atoms with Gasteiger partial charge in [0.15, 0.2) is 0 Å². The number of carbonyl (C=O) groups excluding carboxylic acids is 1. The summed E-state index contributed by atoms with van der Waals surface area (Å²) in [6.07, 6.45) is 5.09. The first-order valence-corrected chi connectivity index (χ1v) is 7.27. The van der Waals surface area contributed by atoms with Gasteiger partial charge in [0.2, 0.25) is 5.91 Å². The van der Waals surface area contributed by atoms with E-state index >= 15 is 0 Å². The average molecular weight is 287 g/mol. The van der Waals surface area contributed by atoms with Crippen molar-refractivity contribution in [1.82, 2.24) is 5.32 Å². The van der Waals surface area contributed by atoms with Crippen LogP contribution in [0.4, 0.5) is 4.39 Å². The Morgan fingerprint density at radius 1 is 1.24 bits per heavy atom. The molecule has 0 atom stereocenters. The van der Waals surface area contributed by atoms with Crippen molar-refractivity contribution < 1.29 is 13.6 Å². The Kier molecular flexibility index (Phi) is 3.78. The van der Waals surface area contributed by atoms with Crippen molar-refractivity contribution in [3.63, 3.8) is 0 Å². The van der Waals surface area contributed by atoms with Gasteiger partial charge >= 0.3 is 0 Å². The number of halogens is 1. The van der Waals surface area contributed by atoms with Gasteiger partial charge in [-0.2, -0.15) is 0 Å². The molecule has 3 rings (SSSR count). The Morgan fingerprint density at radius 3 is 2.71 bits per heavy atom. The van der Waals surface area contributed by atoms with E-state index in [0.29, 0.717) is 6.54 Å². The fourth-order valence-electron chi connectivity index (χ4n) is 3.16. The highest BCUT2D eigenvalue weighted by atomic mass is 19.1. The first-order valence-electron chi connectivity index (χ1n) is 7.27. The van der Waals surface area contributed by atoms with Gasteiger partial charge in [0.25, 0.3) is 0 Å². The molecular formula is C17H18FNO2. The van der Waals surface area contributed by atoms with Crippen LogP contribution < -0.4 is 5.32 Å².